The highest BCUT2D eigenvalue weighted by atomic mass is 35.5. The number of carbonyl (C=O) groups is 2. The van der Waals surface area contributed by atoms with Crippen molar-refractivity contribution >= 4 is 62.5 Å². The number of amides is 2. The Balaban J connectivity index is 1.77. The number of nitrogens with two attached hydrogens (primary N) is 1. The van der Waals surface area contributed by atoms with Crippen molar-refractivity contribution in [3.8, 4) is 11.1 Å². The molecular weight excluding hydrogens is 481 g/mol. The molecule has 2 amide bonds. The molecule has 4 aromatic carbocycles. The van der Waals surface area contributed by atoms with Crippen LogP contribution in [-0.4, -0.2) is 16.4 Å². The van der Waals surface area contributed by atoms with Crippen molar-refractivity contribution in [1.29, 1.82) is 0 Å². The zero-order valence-electron chi connectivity index (χ0n) is 18.7. The van der Waals surface area contributed by atoms with Gasteiger partial charge in [0.15, 0.2) is 0 Å². The number of hydrogen-bond donors (Lipinski definition) is 2. The second-order valence-corrected chi connectivity index (χ2v) is 9.09. The van der Waals surface area contributed by atoms with Crippen LogP contribution in [0.15, 0.2) is 72.8 Å². The van der Waals surface area contributed by atoms with Gasteiger partial charge < -0.3 is 15.6 Å². The van der Waals surface area contributed by atoms with E-state index in [9.17, 15) is 9.59 Å². The predicted octanol–water partition coefficient (Wildman–Crippen LogP) is 6.67. The van der Waals surface area contributed by atoms with E-state index in [1.807, 2.05) is 48.5 Å². The number of aromatic nitrogens is 1. The molecule has 0 aliphatic rings. The van der Waals surface area contributed by atoms with Crippen LogP contribution in [0.1, 0.15) is 22.8 Å². The van der Waals surface area contributed by atoms with Crippen LogP contribution in [0.25, 0.3) is 32.9 Å². The molecule has 3 N–H and O–H groups in total. The molecule has 5 aromatic rings. The van der Waals surface area contributed by atoms with Crippen molar-refractivity contribution in [2.75, 3.05) is 5.32 Å². The summed E-state index contributed by atoms with van der Waals surface area (Å²) in [5.74, 6) is -0.644. The second kappa shape index (κ2) is 9.10. The van der Waals surface area contributed by atoms with Gasteiger partial charge in [-0.3, -0.25) is 9.59 Å². The average molecular weight is 501 g/mol. The number of carbonyl (C=O) groups excluding carboxylic acids is 2. The summed E-state index contributed by atoms with van der Waals surface area (Å²) in [4.78, 5) is 23.8. The molecule has 0 atom stereocenters. The van der Waals surface area contributed by atoms with Gasteiger partial charge in [0.05, 0.1) is 11.0 Å². The van der Waals surface area contributed by atoms with Gasteiger partial charge in [0.1, 0.15) is 0 Å². The number of halogens is 2. The molecule has 35 heavy (non-hydrogen) atoms. The Labute approximate surface area is 212 Å². The minimum atomic E-state index is -0.506. The van der Waals surface area contributed by atoms with Crippen molar-refractivity contribution in [3.05, 3.63) is 100 Å². The van der Waals surface area contributed by atoms with E-state index < -0.39 is 5.91 Å². The van der Waals surface area contributed by atoms with Gasteiger partial charge in [0.2, 0.25) is 11.8 Å². The van der Waals surface area contributed by atoms with E-state index in [1.165, 1.54) is 6.92 Å². The molecule has 1 heterocycles. The van der Waals surface area contributed by atoms with E-state index >= 15 is 0 Å². The Hall–Kier alpha value is -3.80. The monoisotopic (exact) mass is 500 g/mol. The molecule has 0 spiro atoms. The Kier molecular flexibility index (Phi) is 5.97. The summed E-state index contributed by atoms with van der Waals surface area (Å²) >= 11 is 13.0. The first kappa shape index (κ1) is 23.0. The average Bonchev–Trinajstić information content (AvgIpc) is 3.12. The molecular formula is C28H20Cl2N3O2. The lowest BCUT2D eigenvalue weighted by molar-refractivity contribution is -0.114. The molecule has 5 rings (SSSR count). The standard InChI is InChI=1S/C28H20Cl2N3O2/c1-16(34)32-19-6-2-5-17(13-19)15-33-24-10-3-7-21(28(31)35)27(24)20-12-11-18(14-25(20)33)26-22(29)8-4-9-23(26)30/h2-11,13-14H,15H2,1H3,(H2,31,35)(H,32,34). The highest BCUT2D eigenvalue weighted by Crippen LogP contribution is 2.39. The third-order valence-corrected chi connectivity index (χ3v) is 6.53. The first-order valence-corrected chi connectivity index (χ1v) is 11.7. The SMILES string of the molecule is CC(=O)Nc1cccc(Cn2c3cc(-c4c(Cl)cccc4Cl)c[c]c3c3c(C(N)=O)cccc32)c1. The van der Waals surface area contributed by atoms with Crippen LogP contribution in [-0.2, 0) is 11.3 Å². The minimum absolute atomic E-state index is 0.138. The number of fused-ring (bicyclic) bond motifs is 3. The maximum atomic E-state index is 12.3. The summed E-state index contributed by atoms with van der Waals surface area (Å²) in [7, 11) is 0. The van der Waals surface area contributed by atoms with Gasteiger partial charge >= 0.3 is 0 Å². The van der Waals surface area contributed by atoms with E-state index in [0.29, 0.717) is 33.4 Å². The molecule has 0 saturated carbocycles. The van der Waals surface area contributed by atoms with Crippen molar-refractivity contribution in [2.24, 2.45) is 5.73 Å². The second-order valence-electron chi connectivity index (χ2n) is 8.28. The fraction of sp³-hybridized carbons (Fsp3) is 0.0714. The van der Waals surface area contributed by atoms with Crippen LogP contribution in [0.2, 0.25) is 10.0 Å². The van der Waals surface area contributed by atoms with Crippen LogP contribution in [0.3, 0.4) is 0 Å². The van der Waals surface area contributed by atoms with Gasteiger partial charge in [-0.25, -0.2) is 0 Å². The topological polar surface area (TPSA) is 77.1 Å². The molecule has 0 saturated heterocycles. The number of hydrogen-bond acceptors (Lipinski definition) is 2. The molecule has 0 aliphatic carbocycles. The summed E-state index contributed by atoms with van der Waals surface area (Å²) in [5.41, 5.74) is 11.1. The molecule has 5 nitrogen and oxygen atoms in total. The Morgan fingerprint density at radius 1 is 0.971 bits per heavy atom. The summed E-state index contributed by atoms with van der Waals surface area (Å²) < 4.78 is 2.11. The highest BCUT2D eigenvalue weighted by Gasteiger charge is 2.19. The third kappa shape index (κ3) is 4.25. The highest BCUT2D eigenvalue weighted by molar-refractivity contribution is 6.39. The first-order chi connectivity index (χ1) is 16.8. The van der Waals surface area contributed by atoms with Crippen molar-refractivity contribution in [3.63, 3.8) is 0 Å². The Morgan fingerprint density at radius 2 is 1.69 bits per heavy atom. The van der Waals surface area contributed by atoms with Gasteiger partial charge in [-0.2, -0.15) is 0 Å². The fourth-order valence-corrected chi connectivity index (χ4v) is 5.10. The predicted molar refractivity (Wildman–Crippen MR) is 142 cm³/mol. The van der Waals surface area contributed by atoms with E-state index in [2.05, 4.69) is 16.0 Å². The quantitative estimate of drug-likeness (QED) is 0.282. The summed E-state index contributed by atoms with van der Waals surface area (Å²) in [6.45, 7) is 1.96. The van der Waals surface area contributed by atoms with E-state index in [1.54, 1.807) is 24.3 Å². The summed E-state index contributed by atoms with van der Waals surface area (Å²) in [6.07, 6.45) is 0. The van der Waals surface area contributed by atoms with Gasteiger partial charge in [0.25, 0.3) is 0 Å². The Morgan fingerprint density at radius 3 is 2.40 bits per heavy atom. The number of primary amides is 1. The first-order valence-electron chi connectivity index (χ1n) is 10.9. The molecule has 0 bridgehead atoms. The van der Waals surface area contributed by atoms with Gasteiger partial charge in [0, 0.05) is 51.1 Å². The molecule has 1 radical (unpaired) electrons. The maximum absolute atomic E-state index is 12.3. The van der Waals surface area contributed by atoms with Crippen LogP contribution >= 0.6 is 23.2 Å². The molecule has 173 valence electrons. The van der Waals surface area contributed by atoms with Gasteiger partial charge in [-0.1, -0.05) is 47.5 Å². The number of nitrogens with one attached hydrogen (secondary N) is 1. The van der Waals surface area contributed by atoms with E-state index in [4.69, 9.17) is 28.9 Å². The number of nitrogens with zero attached hydrogens (tertiary/aromatic N) is 1. The van der Waals surface area contributed by atoms with Crippen LogP contribution in [0, 0.1) is 6.07 Å². The minimum Gasteiger partial charge on any atom is -0.366 e. The summed E-state index contributed by atoms with van der Waals surface area (Å²) in [5, 5.41) is 5.41. The van der Waals surface area contributed by atoms with Crippen LogP contribution < -0.4 is 11.1 Å². The molecule has 0 aliphatic heterocycles. The largest absolute Gasteiger partial charge is 0.366 e. The zero-order chi connectivity index (χ0) is 24.7. The van der Waals surface area contributed by atoms with Gasteiger partial charge in [-0.05, 0) is 65.7 Å². The number of anilines is 1. The lowest BCUT2D eigenvalue weighted by atomic mass is 10.0. The maximum Gasteiger partial charge on any atom is 0.249 e. The zero-order valence-corrected chi connectivity index (χ0v) is 20.2. The van der Waals surface area contributed by atoms with E-state index in [-0.39, 0.29) is 5.91 Å². The van der Waals surface area contributed by atoms with Crippen LogP contribution in [0.5, 0.6) is 0 Å². The third-order valence-electron chi connectivity index (χ3n) is 5.90. The van der Waals surface area contributed by atoms with Crippen molar-refractivity contribution in [1.82, 2.24) is 4.57 Å². The van der Waals surface area contributed by atoms with E-state index in [0.717, 1.165) is 32.9 Å². The van der Waals surface area contributed by atoms with Crippen molar-refractivity contribution in [2.45, 2.75) is 13.5 Å². The number of benzene rings is 4. The molecule has 1 aromatic heterocycles. The van der Waals surface area contributed by atoms with Crippen molar-refractivity contribution < 1.29 is 9.59 Å². The lowest BCUT2D eigenvalue weighted by Crippen LogP contribution is -2.11. The summed E-state index contributed by atoms with van der Waals surface area (Å²) in [6, 6.07) is 25.7. The van der Waals surface area contributed by atoms with Crippen LogP contribution in [0.4, 0.5) is 5.69 Å². The Bertz CT molecular complexity index is 1620. The normalized spacial score (nSPS) is 11.2. The molecule has 0 fully saturated rings. The molecule has 7 heteroatoms. The smallest absolute Gasteiger partial charge is 0.249 e. The number of rotatable bonds is 5. The fourth-order valence-electron chi connectivity index (χ4n) is 4.48. The molecule has 0 unspecified atom stereocenters. The van der Waals surface area contributed by atoms with Gasteiger partial charge in [-0.15, -0.1) is 0 Å². The lowest BCUT2D eigenvalue weighted by Gasteiger charge is -2.12.